The third-order valence-corrected chi connectivity index (χ3v) is 6.17. The summed E-state index contributed by atoms with van der Waals surface area (Å²) in [5.41, 5.74) is 1.80. The van der Waals surface area contributed by atoms with Crippen molar-refractivity contribution in [2.45, 2.75) is 6.42 Å². The first kappa shape index (κ1) is 20.1. The van der Waals surface area contributed by atoms with Crippen LogP contribution in [0.3, 0.4) is 0 Å². The van der Waals surface area contributed by atoms with E-state index in [1.54, 1.807) is 53.4 Å². The standard InChI is InChI=1S/C23H19N3O5S/c27-21-9-14(12-26(21)17-6-7-18-19(11-17)31-13-30-18)22(28)24-15-3-1-4-16(10-15)25-23(29)20-5-2-8-32-20/h1-8,10-11,14H,9,12-13H2,(H,24,28)(H,25,29). The monoisotopic (exact) mass is 449 g/mol. The summed E-state index contributed by atoms with van der Waals surface area (Å²) in [5, 5.41) is 7.51. The molecular formula is C23H19N3O5S. The second kappa shape index (κ2) is 8.35. The number of fused-ring (bicyclic) bond motifs is 1. The second-order valence-electron chi connectivity index (χ2n) is 7.44. The van der Waals surface area contributed by atoms with E-state index in [0.717, 1.165) is 0 Å². The molecule has 1 unspecified atom stereocenters. The lowest BCUT2D eigenvalue weighted by molar-refractivity contribution is -0.122. The quantitative estimate of drug-likeness (QED) is 0.619. The molecule has 1 fully saturated rings. The van der Waals surface area contributed by atoms with Crippen molar-refractivity contribution >= 4 is 46.1 Å². The van der Waals surface area contributed by atoms with E-state index >= 15 is 0 Å². The summed E-state index contributed by atoms with van der Waals surface area (Å²) in [5.74, 6) is 0.163. The van der Waals surface area contributed by atoms with E-state index in [2.05, 4.69) is 10.6 Å². The van der Waals surface area contributed by atoms with Crippen molar-refractivity contribution in [3.8, 4) is 11.5 Å². The Bertz CT molecular complexity index is 1190. The number of thiophene rings is 1. The van der Waals surface area contributed by atoms with Gasteiger partial charge in [0.25, 0.3) is 5.91 Å². The first-order chi connectivity index (χ1) is 15.6. The topological polar surface area (TPSA) is 97.0 Å². The normalized spacial score (nSPS) is 16.8. The third-order valence-electron chi connectivity index (χ3n) is 5.30. The molecule has 3 aromatic rings. The molecule has 0 aliphatic carbocycles. The number of hydrogen-bond donors (Lipinski definition) is 2. The van der Waals surface area contributed by atoms with E-state index in [4.69, 9.17) is 9.47 Å². The predicted molar refractivity (Wildman–Crippen MR) is 120 cm³/mol. The number of ether oxygens (including phenoxy) is 2. The minimum atomic E-state index is -0.489. The van der Waals surface area contributed by atoms with Crippen molar-refractivity contribution in [3.05, 3.63) is 64.9 Å². The molecule has 0 spiro atoms. The number of nitrogens with zero attached hydrogens (tertiary/aromatic N) is 1. The van der Waals surface area contributed by atoms with Gasteiger partial charge >= 0.3 is 0 Å². The van der Waals surface area contributed by atoms with Crippen molar-refractivity contribution in [1.29, 1.82) is 0 Å². The van der Waals surface area contributed by atoms with Gasteiger partial charge in [0.05, 0.1) is 10.8 Å². The van der Waals surface area contributed by atoms with Gasteiger partial charge in [-0.3, -0.25) is 14.4 Å². The van der Waals surface area contributed by atoms with Gasteiger partial charge in [0.1, 0.15) is 0 Å². The summed E-state index contributed by atoms with van der Waals surface area (Å²) in [6.45, 7) is 0.434. The summed E-state index contributed by atoms with van der Waals surface area (Å²) in [7, 11) is 0. The summed E-state index contributed by atoms with van der Waals surface area (Å²) < 4.78 is 10.7. The van der Waals surface area contributed by atoms with Gasteiger partial charge in [-0.15, -0.1) is 11.3 Å². The molecule has 0 saturated carbocycles. The molecule has 2 aliphatic heterocycles. The van der Waals surface area contributed by atoms with Crippen molar-refractivity contribution in [1.82, 2.24) is 0 Å². The van der Waals surface area contributed by atoms with Crippen LogP contribution in [0.4, 0.5) is 17.1 Å². The molecule has 1 aromatic heterocycles. The van der Waals surface area contributed by atoms with E-state index in [9.17, 15) is 14.4 Å². The second-order valence-corrected chi connectivity index (χ2v) is 8.39. The lowest BCUT2D eigenvalue weighted by atomic mass is 10.1. The molecule has 2 N–H and O–H groups in total. The highest BCUT2D eigenvalue weighted by Gasteiger charge is 2.35. The molecule has 162 valence electrons. The van der Waals surface area contributed by atoms with Crippen LogP contribution in [0.15, 0.2) is 60.0 Å². The Morgan fingerprint density at radius 3 is 2.59 bits per heavy atom. The van der Waals surface area contributed by atoms with Crippen molar-refractivity contribution in [2.75, 3.05) is 28.9 Å². The van der Waals surface area contributed by atoms with Crippen LogP contribution >= 0.6 is 11.3 Å². The highest BCUT2D eigenvalue weighted by molar-refractivity contribution is 7.12. The Kier molecular flexibility index (Phi) is 5.24. The van der Waals surface area contributed by atoms with Gasteiger partial charge in [-0.2, -0.15) is 0 Å². The molecule has 1 saturated heterocycles. The smallest absolute Gasteiger partial charge is 0.265 e. The Morgan fingerprint density at radius 1 is 0.969 bits per heavy atom. The third kappa shape index (κ3) is 4.02. The maximum Gasteiger partial charge on any atom is 0.265 e. The van der Waals surface area contributed by atoms with Crippen LogP contribution in [-0.4, -0.2) is 31.1 Å². The molecule has 5 rings (SSSR count). The van der Waals surface area contributed by atoms with Gasteiger partial charge in [-0.05, 0) is 41.8 Å². The summed E-state index contributed by atoms with van der Waals surface area (Å²) >= 11 is 1.35. The number of anilines is 3. The zero-order valence-electron chi connectivity index (χ0n) is 16.9. The van der Waals surface area contributed by atoms with Crippen LogP contribution in [0.5, 0.6) is 11.5 Å². The van der Waals surface area contributed by atoms with Gasteiger partial charge in [-0.25, -0.2) is 0 Å². The first-order valence-electron chi connectivity index (χ1n) is 10.0. The van der Waals surface area contributed by atoms with Crippen LogP contribution in [0.2, 0.25) is 0 Å². The molecule has 0 radical (unpaired) electrons. The fourth-order valence-corrected chi connectivity index (χ4v) is 4.32. The average Bonchev–Trinajstić information content (AvgIpc) is 3.54. The zero-order valence-corrected chi connectivity index (χ0v) is 17.7. The summed E-state index contributed by atoms with van der Waals surface area (Å²) in [4.78, 5) is 39.8. The Labute approximate surface area is 187 Å². The van der Waals surface area contributed by atoms with Gasteiger partial charge in [-0.1, -0.05) is 12.1 Å². The number of carbonyl (C=O) groups excluding carboxylic acids is 3. The summed E-state index contributed by atoms with van der Waals surface area (Å²) in [6.07, 6.45) is 0.120. The molecule has 3 heterocycles. The number of hydrogen-bond acceptors (Lipinski definition) is 6. The van der Waals surface area contributed by atoms with E-state index in [0.29, 0.717) is 33.4 Å². The zero-order chi connectivity index (χ0) is 22.1. The lowest BCUT2D eigenvalue weighted by Crippen LogP contribution is -2.28. The Balaban J connectivity index is 1.23. The maximum absolute atomic E-state index is 12.8. The average molecular weight is 449 g/mol. The van der Waals surface area contributed by atoms with Crippen LogP contribution in [-0.2, 0) is 9.59 Å². The van der Waals surface area contributed by atoms with E-state index in [-0.39, 0.29) is 37.5 Å². The van der Waals surface area contributed by atoms with Crippen molar-refractivity contribution in [3.63, 3.8) is 0 Å². The van der Waals surface area contributed by atoms with Crippen molar-refractivity contribution < 1.29 is 23.9 Å². The number of carbonyl (C=O) groups is 3. The minimum absolute atomic E-state index is 0.120. The van der Waals surface area contributed by atoms with Crippen molar-refractivity contribution in [2.24, 2.45) is 5.92 Å². The number of rotatable bonds is 5. The maximum atomic E-state index is 12.8. The van der Waals surface area contributed by atoms with Crippen LogP contribution < -0.4 is 25.0 Å². The molecular weight excluding hydrogens is 430 g/mol. The predicted octanol–water partition coefficient (Wildman–Crippen LogP) is 3.72. The van der Waals surface area contributed by atoms with Gasteiger partial charge in [0, 0.05) is 36.1 Å². The van der Waals surface area contributed by atoms with E-state index < -0.39 is 5.92 Å². The highest BCUT2D eigenvalue weighted by atomic mass is 32.1. The largest absolute Gasteiger partial charge is 0.454 e. The lowest BCUT2D eigenvalue weighted by Gasteiger charge is -2.17. The fourth-order valence-electron chi connectivity index (χ4n) is 3.71. The summed E-state index contributed by atoms with van der Waals surface area (Å²) in [6, 6.07) is 15.8. The Hall–Kier alpha value is -3.85. The minimum Gasteiger partial charge on any atom is -0.454 e. The van der Waals surface area contributed by atoms with Gasteiger partial charge in [0.15, 0.2) is 11.5 Å². The van der Waals surface area contributed by atoms with E-state index in [1.807, 2.05) is 11.4 Å². The molecule has 2 aromatic carbocycles. The van der Waals surface area contributed by atoms with E-state index in [1.165, 1.54) is 11.3 Å². The highest BCUT2D eigenvalue weighted by Crippen LogP contribution is 2.37. The molecule has 1 atom stereocenters. The number of amides is 3. The SMILES string of the molecule is O=C(Nc1cccc(NC(=O)C2CC(=O)N(c3ccc4c(c3)OCO4)C2)c1)c1cccs1. The van der Waals surface area contributed by atoms with Crippen LogP contribution in [0.1, 0.15) is 16.1 Å². The molecule has 3 amide bonds. The van der Waals surface area contributed by atoms with Crippen LogP contribution in [0, 0.1) is 5.92 Å². The first-order valence-corrected chi connectivity index (χ1v) is 10.9. The fraction of sp³-hybridized carbons (Fsp3) is 0.174. The van der Waals surface area contributed by atoms with Crippen LogP contribution in [0.25, 0.3) is 0 Å². The number of benzene rings is 2. The molecule has 2 aliphatic rings. The molecule has 0 bridgehead atoms. The van der Waals surface area contributed by atoms with Gasteiger partial charge in [0.2, 0.25) is 18.6 Å². The number of nitrogens with one attached hydrogen (secondary N) is 2. The Morgan fingerprint density at radius 2 is 1.78 bits per heavy atom. The molecule has 8 nitrogen and oxygen atoms in total. The molecule has 9 heteroatoms. The molecule has 32 heavy (non-hydrogen) atoms. The van der Waals surface area contributed by atoms with Gasteiger partial charge < -0.3 is 25.0 Å².